The standard InChI is InChI=1S/C24H28N10O4/c1-31-9-6-15(12-31)27-24(38)21-30-18(14-34(21)4)29-19(35)5-7-26-22(36)17-11-16(13-33(17)3)28-23(37)20-25-8-10-32(20)2/h6,8-14H,5,7H2,1-4H3,(H,26,36)(H,27,38)(H,28,37)(H,29,35). The highest BCUT2D eigenvalue weighted by atomic mass is 16.2. The van der Waals surface area contributed by atoms with Crippen LogP contribution in [0.4, 0.5) is 17.2 Å². The lowest BCUT2D eigenvalue weighted by molar-refractivity contribution is -0.116. The number of rotatable bonds is 9. The third kappa shape index (κ3) is 5.98. The zero-order valence-corrected chi connectivity index (χ0v) is 21.3. The maximum absolute atomic E-state index is 12.6. The molecule has 14 heteroatoms. The molecule has 0 saturated carbocycles. The Morgan fingerprint density at radius 2 is 1.53 bits per heavy atom. The first kappa shape index (κ1) is 25.9. The molecule has 14 nitrogen and oxygen atoms in total. The van der Waals surface area contributed by atoms with E-state index in [9.17, 15) is 19.2 Å². The smallest absolute Gasteiger partial charge is 0.291 e. The van der Waals surface area contributed by atoms with Crippen molar-refractivity contribution < 1.29 is 19.2 Å². The minimum atomic E-state index is -0.412. The molecule has 198 valence electrons. The molecule has 4 N–H and O–H groups in total. The molecular weight excluding hydrogens is 492 g/mol. The van der Waals surface area contributed by atoms with Crippen LogP contribution in [0.15, 0.2) is 49.3 Å². The van der Waals surface area contributed by atoms with Crippen LogP contribution in [0.1, 0.15) is 38.1 Å². The zero-order chi connectivity index (χ0) is 27.4. The maximum atomic E-state index is 12.6. The Hall–Kier alpha value is -5.14. The highest BCUT2D eigenvalue weighted by Gasteiger charge is 2.18. The van der Waals surface area contributed by atoms with Crippen molar-refractivity contribution in [3.05, 3.63) is 66.7 Å². The third-order valence-electron chi connectivity index (χ3n) is 5.59. The van der Waals surface area contributed by atoms with Gasteiger partial charge in [-0.3, -0.25) is 19.2 Å². The van der Waals surface area contributed by atoms with Gasteiger partial charge in [-0.1, -0.05) is 0 Å². The first-order valence-electron chi connectivity index (χ1n) is 11.6. The minimum absolute atomic E-state index is 0.0129. The summed E-state index contributed by atoms with van der Waals surface area (Å²) < 4.78 is 6.47. The largest absolute Gasteiger partial charge is 0.355 e. The SMILES string of the molecule is Cn1ccc(NC(=O)c2nc(NC(=O)CCNC(=O)c3cc(NC(=O)c4nccn4C)cn3C)cn2C)c1. The molecule has 0 aliphatic rings. The number of hydrogen-bond donors (Lipinski definition) is 4. The number of carbonyl (C=O) groups excluding carboxylic acids is 4. The summed E-state index contributed by atoms with van der Waals surface area (Å²) in [5, 5.41) is 10.8. The number of aromatic nitrogens is 6. The fourth-order valence-corrected chi connectivity index (χ4v) is 3.72. The summed E-state index contributed by atoms with van der Waals surface area (Å²) in [6.45, 7) is 0.0684. The molecule has 0 aliphatic heterocycles. The van der Waals surface area contributed by atoms with E-state index in [4.69, 9.17) is 0 Å². The van der Waals surface area contributed by atoms with Crippen molar-refractivity contribution >= 4 is 40.8 Å². The van der Waals surface area contributed by atoms with E-state index < -0.39 is 17.7 Å². The number of carbonyl (C=O) groups is 4. The summed E-state index contributed by atoms with van der Waals surface area (Å²) in [7, 11) is 6.87. The number of anilines is 3. The second kappa shape index (κ2) is 10.9. The van der Waals surface area contributed by atoms with Crippen LogP contribution in [-0.4, -0.2) is 58.4 Å². The average molecular weight is 521 g/mol. The van der Waals surface area contributed by atoms with E-state index in [1.165, 1.54) is 23.0 Å². The van der Waals surface area contributed by atoms with Gasteiger partial charge in [0.1, 0.15) is 5.69 Å². The van der Waals surface area contributed by atoms with Crippen LogP contribution >= 0.6 is 0 Å². The predicted molar refractivity (Wildman–Crippen MR) is 139 cm³/mol. The Kier molecular flexibility index (Phi) is 7.41. The number of nitrogens with zero attached hydrogens (tertiary/aromatic N) is 6. The van der Waals surface area contributed by atoms with Crippen molar-refractivity contribution in [3.63, 3.8) is 0 Å². The minimum Gasteiger partial charge on any atom is -0.355 e. The van der Waals surface area contributed by atoms with Crippen LogP contribution in [0.3, 0.4) is 0 Å². The van der Waals surface area contributed by atoms with Crippen LogP contribution in [0.5, 0.6) is 0 Å². The van der Waals surface area contributed by atoms with Crippen molar-refractivity contribution in [3.8, 4) is 0 Å². The second-order valence-corrected chi connectivity index (χ2v) is 8.68. The van der Waals surface area contributed by atoms with Gasteiger partial charge in [0.25, 0.3) is 17.7 Å². The van der Waals surface area contributed by atoms with Crippen molar-refractivity contribution in [2.24, 2.45) is 28.2 Å². The number of imidazole rings is 2. The Bertz CT molecular complexity index is 1510. The fourth-order valence-electron chi connectivity index (χ4n) is 3.72. The zero-order valence-electron chi connectivity index (χ0n) is 21.3. The van der Waals surface area contributed by atoms with Crippen LogP contribution in [0, 0.1) is 0 Å². The van der Waals surface area contributed by atoms with Crippen molar-refractivity contribution in [2.75, 3.05) is 22.5 Å². The van der Waals surface area contributed by atoms with Crippen LogP contribution < -0.4 is 21.3 Å². The molecule has 4 rings (SSSR count). The molecule has 4 heterocycles. The van der Waals surface area contributed by atoms with Crippen LogP contribution in [-0.2, 0) is 33.0 Å². The van der Waals surface area contributed by atoms with Gasteiger partial charge < -0.3 is 39.5 Å². The van der Waals surface area contributed by atoms with Gasteiger partial charge in [-0.25, -0.2) is 9.97 Å². The first-order chi connectivity index (χ1) is 18.1. The van der Waals surface area contributed by atoms with E-state index in [1.807, 2.05) is 7.05 Å². The molecule has 4 amide bonds. The molecule has 0 radical (unpaired) electrons. The Balaban J connectivity index is 1.26. The molecule has 0 fully saturated rings. The summed E-state index contributed by atoms with van der Waals surface area (Å²) in [5.74, 6) is -1.01. The maximum Gasteiger partial charge on any atom is 0.291 e. The van der Waals surface area contributed by atoms with Gasteiger partial charge in [-0.05, 0) is 12.1 Å². The lowest BCUT2D eigenvalue weighted by Crippen LogP contribution is -2.29. The second-order valence-electron chi connectivity index (χ2n) is 8.68. The van der Waals surface area contributed by atoms with E-state index in [2.05, 4.69) is 31.2 Å². The fraction of sp³-hybridized carbons (Fsp3) is 0.250. The summed E-state index contributed by atoms with van der Waals surface area (Å²) in [6.07, 6.45) is 9.86. The molecule has 0 aromatic carbocycles. The molecule has 0 bridgehead atoms. The quantitative estimate of drug-likeness (QED) is 0.258. The molecule has 0 spiro atoms. The first-order valence-corrected chi connectivity index (χ1v) is 11.6. The highest BCUT2D eigenvalue weighted by molar-refractivity contribution is 6.03. The van der Waals surface area contributed by atoms with Gasteiger partial charge in [0, 0.05) is 78.3 Å². The van der Waals surface area contributed by atoms with Crippen molar-refractivity contribution in [1.82, 2.24) is 33.6 Å². The number of nitrogens with one attached hydrogen (secondary N) is 4. The molecule has 38 heavy (non-hydrogen) atoms. The predicted octanol–water partition coefficient (Wildman–Crippen LogP) is 1.09. The van der Waals surface area contributed by atoms with Crippen molar-refractivity contribution in [1.29, 1.82) is 0 Å². The molecule has 0 saturated heterocycles. The number of aryl methyl sites for hydroxylation is 4. The normalized spacial score (nSPS) is 10.7. The molecule has 0 unspecified atom stereocenters. The molecule has 4 aromatic heterocycles. The van der Waals surface area contributed by atoms with Gasteiger partial charge in [0.2, 0.25) is 11.7 Å². The van der Waals surface area contributed by atoms with Gasteiger partial charge >= 0.3 is 0 Å². The van der Waals surface area contributed by atoms with Crippen molar-refractivity contribution in [2.45, 2.75) is 6.42 Å². The summed E-state index contributed by atoms with van der Waals surface area (Å²) >= 11 is 0. The molecular formula is C24H28N10O4. The van der Waals surface area contributed by atoms with E-state index in [1.54, 1.807) is 65.7 Å². The van der Waals surface area contributed by atoms with E-state index in [0.717, 1.165) is 0 Å². The topological polar surface area (TPSA) is 162 Å². The third-order valence-corrected chi connectivity index (χ3v) is 5.59. The number of hydrogen-bond acceptors (Lipinski definition) is 6. The van der Waals surface area contributed by atoms with E-state index in [-0.39, 0.29) is 36.3 Å². The average Bonchev–Trinajstić information content (AvgIpc) is 3.62. The van der Waals surface area contributed by atoms with Gasteiger partial charge in [-0.15, -0.1) is 0 Å². The van der Waals surface area contributed by atoms with Crippen LogP contribution in [0.25, 0.3) is 0 Å². The Labute approximate surface area is 217 Å². The van der Waals surface area contributed by atoms with E-state index >= 15 is 0 Å². The summed E-state index contributed by atoms with van der Waals surface area (Å²) in [5.41, 5.74) is 1.37. The lowest BCUT2D eigenvalue weighted by Gasteiger charge is -2.06. The Morgan fingerprint density at radius 3 is 2.21 bits per heavy atom. The lowest BCUT2D eigenvalue weighted by atomic mass is 10.3. The summed E-state index contributed by atoms with van der Waals surface area (Å²) in [4.78, 5) is 58.0. The Morgan fingerprint density at radius 1 is 0.789 bits per heavy atom. The van der Waals surface area contributed by atoms with Gasteiger partial charge in [0.15, 0.2) is 11.6 Å². The number of amides is 4. The molecule has 0 atom stereocenters. The highest BCUT2D eigenvalue weighted by Crippen LogP contribution is 2.15. The van der Waals surface area contributed by atoms with Gasteiger partial charge in [-0.2, -0.15) is 0 Å². The van der Waals surface area contributed by atoms with Crippen LogP contribution in [0.2, 0.25) is 0 Å². The van der Waals surface area contributed by atoms with E-state index in [0.29, 0.717) is 17.1 Å². The molecule has 4 aromatic rings. The monoisotopic (exact) mass is 520 g/mol. The van der Waals surface area contributed by atoms with Gasteiger partial charge in [0.05, 0.1) is 11.4 Å². The summed E-state index contributed by atoms with van der Waals surface area (Å²) in [6, 6.07) is 3.29. The molecule has 0 aliphatic carbocycles.